The van der Waals surface area contributed by atoms with E-state index in [-0.39, 0.29) is 0 Å². The molecule has 0 atom stereocenters. The van der Waals surface area contributed by atoms with Crippen LogP contribution >= 0.6 is 0 Å². The third-order valence-electron chi connectivity index (χ3n) is 4.10. The lowest BCUT2D eigenvalue weighted by molar-refractivity contribution is 0.217. The number of hydrogen-bond acceptors (Lipinski definition) is 4. The first-order valence-electron chi connectivity index (χ1n) is 9.11. The van der Waals surface area contributed by atoms with E-state index in [9.17, 15) is 0 Å². The Hall–Kier alpha value is -3.14. The molecule has 0 saturated heterocycles. The molecular weight excluding hydrogens is 338 g/mol. The van der Waals surface area contributed by atoms with Crippen LogP contribution in [-0.4, -0.2) is 26.9 Å². The number of benzene rings is 3. The van der Waals surface area contributed by atoms with Crippen LogP contribution in [0.25, 0.3) is 0 Å². The van der Waals surface area contributed by atoms with E-state index in [0.29, 0.717) is 13.2 Å². The second-order valence-electron chi connectivity index (χ2n) is 6.06. The molecule has 0 amide bonds. The molecule has 0 aromatic heterocycles. The molecule has 1 N–H and O–H groups in total. The number of rotatable bonds is 10. The molecule has 0 unspecified atom stereocenters. The van der Waals surface area contributed by atoms with E-state index in [1.807, 2.05) is 66.7 Å². The number of methoxy groups -OCH3 is 1. The van der Waals surface area contributed by atoms with Gasteiger partial charge in [0.2, 0.25) is 0 Å². The average molecular weight is 363 g/mol. The maximum absolute atomic E-state index is 5.78. The van der Waals surface area contributed by atoms with Crippen LogP contribution in [0, 0.1) is 0 Å². The summed E-state index contributed by atoms with van der Waals surface area (Å²) in [6.07, 6.45) is 0.944. The number of anilines is 1. The van der Waals surface area contributed by atoms with Gasteiger partial charge in [0.25, 0.3) is 0 Å². The molecule has 0 saturated carbocycles. The Kier molecular flexibility index (Phi) is 6.99. The van der Waals surface area contributed by atoms with Crippen LogP contribution in [0.5, 0.6) is 17.2 Å². The Morgan fingerprint density at radius 1 is 0.704 bits per heavy atom. The summed E-state index contributed by atoms with van der Waals surface area (Å²) in [4.78, 5) is 0. The quantitative estimate of drug-likeness (QED) is 0.525. The van der Waals surface area contributed by atoms with Gasteiger partial charge in [-0.3, -0.25) is 0 Å². The Morgan fingerprint density at radius 3 is 2.15 bits per heavy atom. The van der Waals surface area contributed by atoms with Gasteiger partial charge >= 0.3 is 0 Å². The van der Waals surface area contributed by atoms with Gasteiger partial charge in [-0.25, -0.2) is 0 Å². The van der Waals surface area contributed by atoms with E-state index in [2.05, 4.69) is 17.4 Å². The first-order valence-corrected chi connectivity index (χ1v) is 9.11. The van der Waals surface area contributed by atoms with Gasteiger partial charge in [0.1, 0.15) is 30.5 Å². The first-order chi connectivity index (χ1) is 13.3. The summed E-state index contributed by atoms with van der Waals surface area (Å²) in [5.41, 5.74) is 2.32. The highest BCUT2D eigenvalue weighted by molar-refractivity contribution is 5.48. The third-order valence-corrected chi connectivity index (χ3v) is 4.10. The van der Waals surface area contributed by atoms with E-state index >= 15 is 0 Å². The van der Waals surface area contributed by atoms with Crippen molar-refractivity contribution in [3.63, 3.8) is 0 Å². The van der Waals surface area contributed by atoms with E-state index in [0.717, 1.165) is 35.9 Å². The van der Waals surface area contributed by atoms with Gasteiger partial charge in [-0.05, 0) is 48.4 Å². The molecule has 3 rings (SSSR count). The highest BCUT2D eigenvalue weighted by Gasteiger charge is 1.99. The van der Waals surface area contributed by atoms with E-state index in [1.165, 1.54) is 5.56 Å². The number of ether oxygens (including phenoxy) is 3. The van der Waals surface area contributed by atoms with Crippen LogP contribution in [-0.2, 0) is 6.42 Å². The van der Waals surface area contributed by atoms with Gasteiger partial charge in [-0.1, -0.05) is 36.4 Å². The molecule has 0 aliphatic carbocycles. The van der Waals surface area contributed by atoms with E-state index in [1.54, 1.807) is 7.11 Å². The van der Waals surface area contributed by atoms with Gasteiger partial charge in [0.15, 0.2) is 0 Å². The van der Waals surface area contributed by atoms with Crippen molar-refractivity contribution in [3.05, 3.63) is 84.4 Å². The van der Waals surface area contributed by atoms with Gasteiger partial charge in [-0.2, -0.15) is 0 Å². The van der Waals surface area contributed by atoms with Crippen molar-refractivity contribution in [1.29, 1.82) is 0 Å². The Labute approximate surface area is 160 Å². The monoisotopic (exact) mass is 363 g/mol. The molecule has 140 valence electrons. The summed E-state index contributed by atoms with van der Waals surface area (Å²) in [5.74, 6) is 2.57. The summed E-state index contributed by atoms with van der Waals surface area (Å²) in [6, 6.07) is 25.9. The minimum absolute atomic E-state index is 0.504. The molecular formula is C23H25NO3. The fourth-order valence-corrected chi connectivity index (χ4v) is 2.67. The second kappa shape index (κ2) is 10.1. The minimum atomic E-state index is 0.504. The molecule has 0 fully saturated rings. The minimum Gasteiger partial charge on any atom is -0.497 e. The molecule has 3 aromatic carbocycles. The number of hydrogen-bond donors (Lipinski definition) is 1. The highest BCUT2D eigenvalue weighted by Crippen LogP contribution is 2.18. The molecule has 0 bridgehead atoms. The van der Waals surface area contributed by atoms with Crippen molar-refractivity contribution in [2.75, 3.05) is 32.2 Å². The second-order valence-corrected chi connectivity index (χ2v) is 6.06. The molecule has 0 heterocycles. The Balaban J connectivity index is 1.40. The van der Waals surface area contributed by atoms with Crippen molar-refractivity contribution in [2.24, 2.45) is 0 Å². The zero-order valence-corrected chi connectivity index (χ0v) is 15.6. The SMILES string of the molecule is COc1ccc(CCNc2cccc(OCCOc3ccccc3)c2)cc1. The lowest BCUT2D eigenvalue weighted by Gasteiger charge is -2.11. The predicted molar refractivity (Wildman–Crippen MR) is 109 cm³/mol. The Morgan fingerprint density at radius 2 is 1.41 bits per heavy atom. The Bertz CT molecular complexity index is 803. The number of para-hydroxylation sites is 1. The molecule has 3 aromatic rings. The van der Waals surface area contributed by atoms with E-state index < -0.39 is 0 Å². The lowest BCUT2D eigenvalue weighted by Crippen LogP contribution is -2.09. The van der Waals surface area contributed by atoms with Gasteiger partial charge in [-0.15, -0.1) is 0 Å². The fourth-order valence-electron chi connectivity index (χ4n) is 2.67. The zero-order chi connectivity index (χ0) is 18.7. The summed E-state index contributed by atoms with van der Waals surface area (Å²) < 4.78 is 16.6. The summed E-state index contributed by atoms with van der Waals surface area (Å²) >= 11 is 0. The van der Waals surface area contributed by atoms with Crippen LogP contribution in [0.2, 0.25) is 0 Å². The predicted octanol–water partition coefficient (Wildman–Crippen LogP) is 4.81. The van der Waals surface area contributed by atoms with Crippen LogP contribution in [0.3, 0.4) is 0 Å². The smallest absolute Gasteiger partial charge is 0.122 e. The van der Waals surface area contributed by atoms with Crippen molar-refractivity contribution in [1.82, 2.24) is 0 Å². The topological polar surface area (TPSA) is 39.7 Å². The molecule has 27 heavy (non-hydrogen) atoms. The first kappa shape index (κ1) is 18.6. The number of nitrogens with one attached hydrogen (secondary N) is 1. The van der Waals surface area contributed by atoms with Crippen LogP contribution < -0.4 is 19.5 Å². The van der Waals surface area contributed by atoms with E-state index in [4.69, 9.17) is 14.2 Å². The molecule has 4 heteroatoms. The lowest BCUT2D eigenvalue weighted by atomic mass is 10.1. The van der Waals surface area contributed by atoms with Gasteiger partial charge in [0.05, 0.1) is 7.11 Å². The molecule has 0 radical (unpaired) electrons. The van der Waals surface area contributed by atoms with Crippen LogP contribution in [0.4, 0.5) is 5.69 Å². The van der Waals surface area contributed by atoms with Gasteiger partial charge < -0.3 is 19.5 Å². The standard InChI is InChI=1S/C23H25NO3/c1-25-21-12-10-19(11-13-21)14-15-24-20-6-5-9-23(18-20)27-17-16-26-22-7-3-2-4-8-22/h2-13,18,24H,14-17H2,1H3. The largest absolute Gasteiger partial charge is 0.497 e. The normalized spacial score (nSPS) is 10.3. The summed E-state index contributed by atoms with van der Waals surface area (Å²) in [5, 5.41) is 3.44. The summed E-state index contributed by atoms with van der Waals surface area (Å²) in [6.45, 7) is 1.87. The fraction of sp³-hybridized carbons (Fsp3) is 0.217. The van der Waals surface area contributed by atoms with Crippen molar-refractivity contribution >= 4 is 5.69 Å². The molecule has 0 aliphatic rings. The maximum Gasteiger partial charge on any atom is 0.122 e. The van der Waals surface area contributed by atoms with Crippen LogP contribution in [0.1, 0.15) is 5.56 Å². The highest BCUT2D eigenvalue weighted by atomic mass is 16.5. The average Bonchev–Trinajstić information content (AvgIpc) is 2.73. The molecule has 0 aliphatic heterocycles. The summed E-state index contributed by atoms with van der Waals surface area (Å²) in [7, 11) is 1.68. The van der Waals surface area contributed by atoms with Crippen LogP contribution in [0.15, 0.2) is 78.9 Å². The molecule has 0 spiro atoms. The van der Waals surface area contributed by atoms with Crippen molar-refractivity contribution in [2.45, 2.75) is 6.42 Å². The zero-order valence-electron chi connectivity index (χ0n) is 15.6. The molecule has 4 nitrogen and oxygen atoms in total. The third kappa shape index (κ3) is 6.26. The van der Waals surface area contributed by atoms with Crippen molar-refractivity contribution in [3.8, 4) is 17.2 Å². The maximum atomic E-state index is 5.78. The van der Waals surface area contributed by atoms with Gasteiger partial charge in [0, 0.05) is 18.3 Å². The van der Waals surface area contributed by atoms with Crippen molar-refractivity contribution < 1.29 is 14.2 Å².